The molecule has 0 atom stereocenters. The van der Waals surface area contributed by atoms with Crippen molar-refractivity contribution in [2.45, 2.75) is 19.1 Å². The van der Waals surface area contributed by atoms with Crippen LogP contribution in [0.5, 0.6) is 0 Å². The van der Waals surface area contributed by atoms with Gasteiger partial charge in [0.25, 0.3) is 0 Å². The van der Waals surface area contributed by atoms with Crippen LogP contribution < -0.4 is 4.72 Å². The zero-order chi connectivity index (χ0) is 15.3. The van der Waals surface area contributed by atoms with Gasteiger partial charge in [0.05, 0.1) is 17.4 Å². The fourth-order valence-electron chi connectivity index (χ4n) is 2.03. The molecule has 1 N–H and O–H groups in total. The first-order valence-electron chi connectivity index (χ1n) is 6.61. The molecular weight excluding hydrogens is 284 g/mol. The van der Waals surface area contributed by atoms with E-state index in [0.29, 0.717) is 16.8 Å². The van der Waals surface area contributed by atoms with Gasteiger partial charge in [-0.15, -0.1) is 0 Å². The third-order valence-electron chi connectivity index (χ3n) is 3.09. The number of sulfonamides is 1. The molecule has 21 heavy (non-hydrogen) atoms. The lowest BCUT2D eigenvalue weighted by Gasteiger charge is -2.10. The topological polar surface area (TPSA) is 70.0 Å². The van der Waals surface area contributed by atoms with Gasteiger partial charge in [-0.25, -0.2) is 8.42 Å². The lowest BCUT2D eigenvalue weighted by molar-refractivity contribution is 0.600. The highest BCUT2D eigenvalue weighted by atomic mass is 32.2. The van der Waals surface area contributed by atoms with Gasteiger partial charge in [0.1, 0.15) is 0 Å². The SMILES string of the molecule is CCc1cccc(NS(=O)(=O)Cc2ccccc2C#N)c1. The summed E-state index contributed by atoms with van der Waals surface area (Å²) in [5.41, 5.74) is 2.49. The summed E-state index contributed by atoms with van der Waals surface area (Å²) in [6.07, 6.45) is 0.840. The van der Waals surface area contributed by atoms with Crippen LogP contribution in [-0.2, 0) is 22.2 Å². The van der Waals surface area contributed by atoms with E-state index in [9.17, 15) is 8.42 Å². The van der Waals surface area contributed by atoms with E-state index in [2.05, 4.69) is 4.72 Å². The van der Waals surface area contributed by atoms with Gasteiger partial charge in [0.2, 0.25) is 10.0 Å². The molecule has 5 heteroatoms. The number of nitrogens with zero attached hydrogens (tertiary/aromatic N) is 1. The summed E-state index contributed by atoms with van der Waals surface area (Å²) in [4.78, 5) is 0. The minimum atomic E-state index is -3.55. The van der Waals surface area contributed by atoms with Gasteiger partial charge in [0, 0.05) is 5.69 Å². The first-order chi connectivity index (χ1) is 10.0. The first kappa shape index (κ1) is 15.1. The van der Waals surface area contributed by atoms with Gasteiger partial charge in [-0.3, -0.25) is 4.72 Å². The van der Waals surface area contributed by atoms with E-state index < -0.39 is 10.0 Å². The molecule has 0 aromatic heterocycles. The van der Waals surface area contributed by atoms with Crippen molar-refractivity contribution < 1.29 is 8.42 Å². The quantitative estimate of drug-likeness (QED) is 0.922. The first-order valence-corrected chi connectivity index (χ1v) is 8.26. The highest BCUT2D eigenvalue weighted by Gasteiger charge is 2.14. The maximum atomic E-state index is 12.2. The Balaban J connectivity index is 2.21. The molecular formula is C16H16N2O2S. The number of hydrogen-bond acceptors (Lipinski definition) is 3. The van der Waals surface area contributed by atoms with Crippen molar-refractivity contribution >= 4 is 15.7 Å². The summed E-state index contributed by atoms with van der Waals surface area (Å²) in [6, 6.07) is 16.0. The Bertz CT molecular complexity index is 777. The smallest absolute Gasteiger partial charge is 0.236 e. The maximum Gasteiger partial charge on any atom is 0.236 e. The average Bonchev–Trinajstić information content (AvgIpc) is 2.47. The maximum absolute atomic E-state index is 12.2. The van der Waals surface area contributed by atoms with Crippen LogP contribution in [0.15, 0.2) is 48.5 Å². The van der Waals surface area contributed by atoms with Gasteiger partial charge < -0.3 is 0 Å². The number of aryl methyl sites for hydroxylation is 1. The predicted octanol–water partition coefficient (Wildman–Crippen LogP) is 3.06. The van der Waals surface area contributed by atoms with E-state index in [1.165, 1.54) is 0 Å². The molecule has 0 aliphatic rings. The predicted molar refractivity (Wildman–Crippen MR) is 83.2 cm³/mol. The molecule has 0 aliphatic heterocycles. The van der Waals surface area contributed by atoms with E-state index in [-0.39, 0.29) is 5.75 Å². The van der Waals surface area contributed by atoms with E-state index in [0.717, 1.165) is 12.0 Å². The van der Waals surface area contributed by atoms with Crippen molar-refractivity contribution in [3.8, 4) is 6.07 Å². The highest BCUT2D eigenvalue weighted by Crippen LogP contribution is 2.16. The van der Waals surface area contributed by atoms with Crippen LogP contribution in [0.3, 0.4) is 0 Å². The zero-order valence-electron chi connectivity index (χ0n) is 11.7. The fourth-order valence-corrected chi connectivity index (χ4v) is 3.25. The third-order valence-corrected chi connectivity index (χ3v) is 4.33. The molecule has 0 spiro atoms. The molecule has 0 saturated heterocycles. The Kier molecular flexibility index (Phi) is 4.61. The second-order valence-corrected chi connectivity index (χ2v) is 6.41. The Morgan fingerprint density at radius 2 is 1.90 bits per heavy atom. The second kappa shape index (κ2) is 6.42. The monoisotopic (exact) mass is 300 g/mol. The molecule has 0 amide bonds. The molecule has 0 saturated carbocycles. The highest BCUT2D eigenvalue weighted by molar-refractivity contribution is 7.91. The summed E-state index contributed by atoms with van der Waals surface area (Å²) >= 11 is 0. The molecule has 0 heterocycles. The van der Waals surface area contributed by atoms with Crippen LogP contribution in [0, 0.1) is 11.3 Å². The molecule has 2 rings (SSSR count). The molecule has 2 aromatic carbocycles. The Labute approximate surface area is 125 Å². The minimum absolute atomic E-state index is 0.215. The van der Waals surface area contributed by atoms with Crippen molar-refractivity contribution in [2.24, 2.45) is 0 Å². The normalized spacial score (nSPS) is 10.9. The van der Waals surface area contributed by atoms with Gasteiger partial charge in [0.15, 0.2) is 0 Å². The van der Waals surface area contributed by atoms with Gasteiger partial charge in [-0.1, -0.05) is 37.3 Å². The van der Waals surface area contributed by atoms with E-state index in [1.807, 2.05) is 31.2 Å². The molecule has 2 aromatic rings. The summed E-state index contributed by atoms with van der Waals surface area (Å²) in [5.74, 6) is -0.215. The fraction of sp³-hybridized carbons (Fsp3) is 0.188. The summed E-state index contributed by atoms with van der Waals surface area (Å²) in [6.45, 7) is 2.01. The molecule has 108 valence electrons. The molecule has 4 nitrogen and oxygen atoms in total. The van der Waals surface area contributed by atoms with Crippen molar-refractivity contribution in [1.29, 1.82) is 5.26 Å². The number of hydrogen-bond donors (Lipinski definition) is 1. The zero-order valence-corrected chi connectivity index (χ0v) is 12.5. The summed E-state index contributed by atoms with van der Waals surface area (Å²) in [7, 11) is -3.55. The van der Waals surface area contributed by atoms with Crippen molar-refractivity contribution in [2.75, 3.05) is 4.72 Å². The number of benzene rings is 2. The third kappa shape index (κ3) is 4.07. The molecule has 0 unspecified atom stereocenters. The van der Waals surface area contributed by atoms with Crippen molar-refractivity contribution in [1.82, 2.24) is 0 Å². The second-order valence-electron chi connectivity index (χ2n) is 4.68. The minimum Gasteiger partial charge on any atom is -0.283 e. The van der Waals surface area contributed by atoms with Crippen LogP contribution in [0.2, 0.25) is 0 Å². The lowest BCUT2D eigenvalue weighted by Crippen LogP contribution is -2.15. The molecule has 0 radical (unpaired) electrons. The van der Waals surface area contributed by atoms with Crippen LogP contribution in [0.1, 0.15) is 23.6 Å². The Morgan fingerprint density at radius 3 is 2.62 bits per heavy atom. The summed E-state index contributed by atoms with van der Waals surface area (Å²) in [5, 5.41) is 9.01. The van der Waals surface area contributed by atoms with Crippen LogP contribution in [0.25, 0.3) is 0 Å². The molecule has 0 fully saturated rings. The Morgan fingerprint density at radius 1 is 1.14 bits per heavy atom. The standard InChI is InChI=1S/C16H16N2O2S/c1-2-13-6-5-9-16(10-13)18-21(19,20)12-15-8-4-3-7-14(15)11-17/h3-10,18H,2,12H2,1H3. The van der Waals surface area contributed by atoms with Crippen LogP contribution in [0.4, 0.5) is 5.69 Å². The number of nitrogens with one attached hydrogen (secondary N) is 1. The number of nitriles is 1. The van der Waals surface area contributed by atoms with Crippen LogP contribution in [-0.4, -0.2) is 8.42 Å². The van der Waals surface area contributed by atoms with Crippen LogP contribution >= 0.6 is 0 Å². The van der Waals surface area contributed by atoms with Crippen molar-refractivity contribution in [3.05, 3.63) is 65.2 Å². The largest absolute Gasteiger partial charge is 0.283 e. The number of rotatable bonds is 5. The van der Waals surface area contributed by atoms with E-state index in [1.54, 1.807) is 30.3 Å². The van der Waals surface area contributed by atoms with Crippen molar-refractivity contribution in [3.63, 3.8) is 0 Å². The molecule has 0 aliphatic carbocycles. The Hall–Kier alpha value is -2.32. The summed E-state index contributed by atoms with van der Waals surface area (Å²) < 4.78 is 27.0. The number of anilines is 1. The van der Waals surface area contributed by atoms with E-state index >= 15 is 0 Å². The van der Waals surface area contributed by atoms with E-state index in [4.69, 9.17) is 5.26 Å². The van der Waals surface area contributed by atoms with Gasteiger partial charge >= 0.3 is 0 Å². The van der Waals surface area contributed by atoms with Gasteiger partial charge in [-0.05, 0) is 35.7 Å². The lowest BCUT2D eigenvalue weighted by atomic mass is 10.1. The average molecular weight is 300 g/mol. The van der Waals surface area contributed by atoms with Gasteiger partial charge in [-0.2, -0.15) is 5.26 Å². The molecule has 0 bridgehead atoms.